The van der Waals surface area contributed by atoms with Gasteiger partial charge in [-0.05, 0) is 60.7 Å². The number of hydrogen-bond donors (Lipinski definition) is 2. The Morgan fingerprint density at radius 1 is 1.14 bits per heavy atom. The Labute approximate surface area is 170 Å². The zero-order valence-corrected chi connectivity index (χ0v) is 17.4. The lowest BCUT2D eigenvalue weighted by Crippen LogP contribution is -2.28. The van der Waals surface area contributed by atoms with E-state index < -0.39 is 5.25 Å². The molecule has 1 fully saturated rings. The molecule has 1 heterocycles. The van der Waals surface area contributed by atoms with Crippen molar-refractivity contribution in [3.8, 4) is 0 Å². The molecule has 1 saturated heterocycles. The van der Waals surface area contributed by atoms with Crippen LogP contribution in [0.5, 0.6) is 0 Å². The van der Waals surface area contributed by atoms with E-state index >= 15 is 0 Å². The largest absolute Gasteiger partial charge is 0.326 e. The summed E-state index contributed by atoms with van der Waals surface area (Å²) in [7, 11) is 0. The number of hydrogen-bond acceptors (Lipinski definition) is 4. The number of nitrogens with one attached hydrogen (secondary N) is 2. The molecule has 28 heavy (non-hydrogen) atoms. The van der Waals surface area contributed by atoms with Crippen LogP contribution in [0, 0.1) is 13.8 Å². The van der Waals surface area contributed by atoms with Crippen LogP contribution in [-0.4, -0.2) is 22.2 Å². The summed E-state index contributed by atoms with van der Waals surface area (Å²) in [6.45, 7) is 8.32. The third-order valence-corrected chi connectivity index (χ3v) is 5.81. The highest BCUT2D eigenvalue weighted by Gasteiger charge is 2.32. The number of thioether (sulfide) groups is 1. The summed E-state index contributed by atoms with van der Waals surface area (Å²) in [4.78, 5) is 29.0. The molecule has 1 aliphatic rings. The molecular formula is C22H25N3O2S. The van der Waals surface area contributed by atoms with Crippen molar-refractivity contribution in [3.05, 3.63) is 59.2 Å². The average molecular weight is 396 g/mol. The van der Waals surface area contributed by atoms with Gasteiger partial charge in [-0.1, -0.05) is 43.8 Å². The molecule has 0 aromatic heterocycles. The van der Waals surface area contributed by atoms with Crippen molar-refractivity contribution in [1.82, 2.24) is 5.32 Å². The van der Waals surface area contributed by atoms with E-state index in [4.69, 9.17) is 0 Å². The van der Waals surface area contributed by atoms with E-state index in [1.165, 1.54) is 22.9 Å². The second-order valence-corrected chi connectivity index (χ2v) is 8.50. The van der Waals surface area contributed by atoms with E-state index in [1.807, 2.05) is 56.3 Å². The Morgan fingerprint density at radius 3 is 2.50 bits per heavy atom. The first-order valence-electron chi connectivity index (χ1n) is 9.35. The molecule has 5 nitrogen and oxygen atoms in total. The molecule has 2 aromatic rings. The Bertz CT molecular complexity index is 920. The van der Waals surface area contributed by atoms with Gasteiger partial charge in [0.15, 0.2) is 5.17 Å². The zero-order valence-electron chi connectivity index (χ0n) is 16.6. The Balaban J connectivity index is 1.60. The Morgan fingerprint density at radius 2 is 1.86 bits per heavy atom. The van der Waals surface area contributed by atoms with E-state index in [0.29, 0.717) is 11.1 Å². The SMILES string of the molecule is Cc1ccc(N=C2NC(=O)[C@@H](CC(=O)Nc3ccc(C(C)C)cc3)S2)cc1C. The first-order chi connectivity index (χ1) is 13.3. The summed E-state index contributed by atoms with van der Waals surface area (Å²) < 4.78 is 0. The number of amides is 2. The summed E-state index contributed by atoms with van der Waals surface area (Å²) in [5, 5.41) is 5.69. The van der Waals surface area contributed by atoms with Crippen molar-refractivity contribution in [2.45, 2.75) is 45.3 Å². The number of aliphatic imine (C=N–C) groups is 1. The van der Waals surface area contributed by atoms with Crippen LogP contribution in [0.2, 0.25) is 0 Å². The lowest BCUT2D eigenvalue weighted by molar-refractivity contribution is -0.122. The number of rotatable bonds is 5. The van der Waals surface area contributed by atoms with Crippen molar-refractivity contribution in [2.24, 2.45) is 4.99 Å². The fourth-order valence-electron chi connectivity index (χ4n) is 2.84. The minimum absolute atomic E-state index is 0.106. The molecule has 2 aromatic carbocycles. The fraction of sp³-hybridized carbons (Fsp3) is 0.318. The van der Waals surface area contributed by atoms with Gasteiger partial charge in [-0.25, -0.2) is 4.99 Å². The second-order valence-electron chi connectivity index (χ2n) is 7.31. The predicted octanol–water partition coefficient (Wildman–Crippen LogP) is 4.67. The predicted molar refractivity (Wildman–Crippen MR) is 116 cm³/mol. The highest BCUT2D eigenvalue weighted by molar-refractivity contribution is 8.15. The Hall–Kier alpha value is -2.60. The van der Waals surface area contributed by atoms with Crippen LogP contribution >= 0.6 is 11.8 Å². The normalized spacial score (nSPS) is 17.8. The molecule has 1 atom stereocenters. The van der Waals surface area contributed by atoms with E-state index in [0.717, 1.165) is 16.9 Å². The van der Waals surface area contributed by atoms with Crippen LogP contribution in [0.1, 0.15) is 42.9 Å². The molecule has 0 aliphatic carbocycles. The van der Waals surface area contributed by atoms with Crippen LogP contribution < -0.4 is 10.6 Å². The summed E-state index contributed by atoms with van der Waals surface area (Å²) in [5.41, 5.74) is 5.10. The molecule has 6 heteroatoms. The van der Waals surface area contributed by atoms with Crippen molar-refractivity contribution in [1.29, 1.82) is 0 Å². The highest BCUT2D eigenvalue weighted by Crippen LogP contribution is 2.26. The van der Waals surface area contributed by atoms with Gasteiger partial charge in [0.2, 0.25) is 11.8 Å². The lowest BCUT2D eigenvalue weighted by Gasteiger charge is -2.09. The number of amidine groups is 1. The van der Waals surface area contributed by atoms with E-state index in [9.17, 15) is 9.59 Å². The number of carbonyl (C=O) groups excluding carboxylic acids is 2. The molecule has 0 spiro atoms. The lowest BCUT2D eigenvalue weighted by atomic mass is 10.0. The summed E-state index contributed by atoms with van der Waals surface area (Å²) in [6, 6.07) is 13.7. The molecule has 2 amide bonds. The third kappa shape index (κ3) is 5.01. The molecule has 0 bridgehead atoms. The summed E-state index contributed by atoms with van der Waals surface area (Å²) in [6.07, 6.45) is 0.106. The topological polar surface area (TPSA) is 70.6 Å². The average Bonchev–Trinajstić information content (AvgIpc) is 2.97. The fourth-order valence-corrected chi connectivity index (χ4v) is 3.82. The minimum Gasteiger partial charge on any atom is -0.326 e. The molecule has 3 rings (SSSR count). The summed E-state index contributed by atoms with van der Waals surface area (Å²) >= 11 is 1.30. The van der Waals surface area contributed by atoms with Gasteiger partial charge in [0.1, 0.15) is 5.25 Å². The summed E-state index contributed by atoms with van der Waals surface area (Å²) in [5.74, 6) is 0.0774. The molecule has 0 unspecified atom stereocenters. The van der Waals surface area contributed by atoms with Crippen molar-refractivity contribution in [2.75, 3.05) is 5.32 Å². The quantitative estimate of drug-likeness (QED) is 0.772. The molecular weight excluding hydrogens is 370 g/mol. The first kappa shape index (κ1) is 20.1. The highest BCUT2D eigenvalue weighted by atomic mass is 32.2. The molecule has 146 valence electrons. The maximum atomic E-state index is 12.3. The second kappa shape index (κ2) is 8.61. The zero-order chi connectivity index (χ0) is 20.3. The van der Waals surface area contributed by atoms with Crippen LogP contribution in [0.3, 0.4) is 0 Å². The van der Waals surface area contributed by atoms with Gasteiger partial charge in [-0.3, -0.25) is 9.59 Å². The van der Waals surface area contributed by atoms with Crippen molar-refractivity contribution < 1.29 is 9.59 Å². The van der Waals surface area contributed by atoms with Crippen LogP contribution in [-0.2, 0) is 9.59 Å². The van der Waals surface area contributed by atoms with Crippen molar-refractivity contribution >= 4 is 40.1 Å². The van der Waals surface area contributed by atoms with Gasteiger partial charge in [-0.2, -0.15) is 0 Å². The van der Waals surface area contributed by atoms with E-state index in [1.54, 1.807) is 0 Å². The number of anilines is 1. The third-order valence-electron chi connectivity index (χ3n) is 4.73. The Kier molecular flexibility index (Phi) is 6.19. The van der Waals surface area contributed by atoms with Crippen LogP contribution in [0.25, 0.3) is 0 Å². The van der Waals surface area contributed by atoms with Crippen LogP contribution in [0.15, 0.2) is 47.5 Å². The van der Waals surface area contributed by atoms with Crippen molar-refractivity contribution in [3.63, 3.8) is 0 Å². The maximum absolute atomic E-state index is 12.3. The first-order valence-corrected chi connectivity index (χ1v) is 10.2. The standard InChI is InChI=1S/C22H25N3O2S/c1-13(2)16-6-9-17(10-7-16)23-20(26)12-19-21(27)25-22(28-19)24-18-8-5-14(3)15(4)11-18/h5-11,13,19H,12H2,1-4H3,(H,23,26)(H,24,25,27)/t19-/m1/s1. The number of aryl methyl sites for hydroxylation is 2. The van der Waals surface area contributed by atoms with Gasteiger partial charge in [0, 0.05) is 12.1 Å². The molecule has 1 aliphatic heterocycles. The van der Waals surface area contributed by atoms with E-state index in [2.05, 4.69) is 29.5 Å². The van der Waals surface area contributed by atoms with E-state index in [-0.39, 0.29) is 18.2 Å². The number of benzene rings is 2. The monoisotopic (exact) mass is 395 g/mol. The molecule has 2 N–H and O–H groups in total. The maximum Gasteiger partial charge on any atom is 0.240 e. The smallest absolute Gasteiger partial charge is 0.240 e. The van der Waals surface area contributed by atoms with Gasteiger partial charge < -0.3 is 10.6 Å². The van der Waals surface area contributed by atoms with Gasteiger partial charge in [-0.15, -0.1) is 0 Å². The molecule has 0 saturated carbocycles. The van der Waals surface area contributed by atoms with Gasteiger partial charge in [0.05, 0.1) is 5.69 Å². The molecule has 0 radical (unpaired) electrons. The minimum atomic E-state index is -0.472. The van der Waals surface area contributed by atoms with Crippen LogP contribution in [0.4, 0.5) is 11.4 Å². The van der Waals surface area contributed by atoms with Gasteiger partial charge in [0.25, 0.3) is 0 Å². The number of carbonyl (C=O) groups is 2. The number of nitrogens with zero attached hydrogens (tertiary/aromatic N) is 1. The van der Waals surface area contributed by atoms with Gasteiger partial charge >= 0.3 is 0 Å².